The summed E-state index contributed by atoms with van der Waals surface area (Å²) in [4.78, 5) is 2.67. The Balaban J connectivity index is 2.07. The molecule has 2 unspecified atom stereocenters. The molecule has 2 aliphatic carbocycles. The minimum Gasteiger partial charge on any atom is -0.316 e. The summed E-state index contributed by atoms with van der Waals surface area (Å²) in [5.41, 5.74) is 7.27. The third kappa shape index (κ3) is 1.88. The maximum Gasteiger partial charge on any atom is 0.0195 e. The van der Waals surface area contributed by atoms with Gasteiger partial charge in [-0.3, -0.25) is 0 Å². The van der Waals surface area contributed by atoms with Crippen LogP contribution in [0.15, 0.2) is 12.1 Å². The Kier molecular flexibility index (Phi) is 3.74. The zero-order valence-corrected chi connectivity index (χ0v) is 17.3. The SMILES string of the molecule is CNC1CCC2(C)[C@@H]3Cc4ccc(C)c(C)c4[C@@]2(CCN3C)C1(C)C. The van der Waals surface area contributed by atoms with Gasteiger partial charge in [-0.15, -0.1) is 0 Å². The molecule has 138 valence electrons. The number of piperidine rings is 1. The van der Waals surface area contributed by atoms with Gasteiger partial charge < -0.3 is 10.2 Å². The lowest BCUT2D eigenvalue weighted by Crippen LogP contribution is -2.74. The molecule has 3 aliphatic rings. The van der Waals surface area contributed by atoms with Crippen molar-refractivity contribution < 1.29 is 0 Å². The number of rotatable bonds is 1. The quantitative estimate of drug-likeness (QED) is 0.823. The molecule has 1 heterocycles. The molecule has 1 N–H and O–H groups in total. The van der Waals surface area contributed by atoms with E-state index in [1.54, 1.807) is 16.7 Å². The standard InChI is InChI=1S/C23H36N2/c1-15-8-9-17-14-19-22(5)11-10-18(24-6)21(3,4)23(22,12-13-25(19)7)20(17)16(15)2/h8-9,18-19,24H,10-14H2,1-7H3/t18?,19-,22?,23-/m0/s1. The van der Waals surface area contributed by atoms with Crippen LogP contribution in [0.3, 0.4) is 0 Å². The predicted octanol–water partition coefficient (Wildman–Crippen LogP) is 4.22. The molecule has 4 rings (SSSR count). The maximum atomic E-state index is 3.70. The van der Waals surface area contributed by atoms with Crippen molar-refractivity contribution in [2.24, 2.45) is 10.8 Å². The molecule has 0 spiro atoms. The summed E-state index contributed by atoms with van der Waals surface area (Å²) in [6.45, 7) is 13.7. The largest absolute Gasteiger partial charge is 0.316 e. The Bertz CT molecular complexity index is 706. The van der Waals surface area contributed by atoms with Crippen LogP contribution in [-0.2, 0) is 11.8 Å². The first-order chi connectivity index (χ1) is 11.7. The second-order valence-electron chi connectivity index (χ2n) is 9.92. The van der Waals surface area contributed by atoms with Crippen molar-refractivity contribution in [3.05, 3.63) is 34.4 Å². The van der Waals surface area contributed by atoms with Crippen molar-refractivity contribution in [3.63, 3.8) is 0 Å². The lowest BCUT2D eigenvalue weighted by Gasteiger charge is -2.72. The van der Waals surface area contributed by atoms with Crippen molar-refractivity contribution in [3.8, 4) is 0 Å². The van der Waals surface area contributed by atoms with E-state index in [0.717, 1.165) is 0 Å². The topological polar surface area (TPSA) is 15.3 Å². The Morgan fingerprint density at radius 2 is 1.84 bits per heavy atom. The van der Waals surface area contributed by atoms with Gasteiger partial charge in [0.15, 0.2) is 0 Å². The van der Waals surface area contributed by atoms with Crippen LogP contribution in [0.2, 0.25) is 0 Å². The summed E-state index contributed by atoms with van der Waals surface area (Å²) in [5, 5.41) is 3.70. The lowest BCUT2D eigenvalue weighted by molar-refractivity contribution is -0.145. The summed E-state index contributed by atoms with van der Waals surface area (Å²) in [5.74, 6) is 0. The average molecular weight is 341 g/mol. The zero-order chi connectivity index (χ0) is 18.2. The van der Waals surface area contributed by atoms with E-state index < -0.39 is 0 Å². The molecule has 0 aromatic heterocycles. The van der Waals surface area contributed by atoms with Crippen LogP contribution in [0.25, 0.3) is 0 Å². The Hall–Kier alpha value is -0.860. The van der Waals surface area contributed by atoms with Crippen LogP contribution in [-0.4, -0.2) is 37.6 Å². The second-order valence-corrected chi connectivity index (χ2v) is 9.92. The molecule has 2 bridgehead atoms. The summed E-state index contributed by atoms with van der Waals surface area (Å²) in [7, 11) is 4.54. The van der Waals surface area contributed by atoms with E-state index in [4.69, 9.17) is 0 Å². The third-order valence-corrected chi connectivity index (χ3v) is 9.02. The van der Waals surface area contributed by atoms with Crippen molar-refractivity contribution in [2.45, 2.75) is 77.8 Å². The smallest absolute Gasteiger partial charge is 0.0195 e. The fourth-order valence-electron chi connectivity index (χ4n) is 7.56. The Morgan fingerprint density at radius 1 is 1.12 bits per heavy atom. The first-order valence-corrected chi connectivity index (χ1v) is 10.2. The van der Waals surface area contributed by atoms with Gasteiger partial charge in [0.05, 0.1) is 0 Å². The summed E-state index contributed by atoms with van der Waals surface area (Å²) < 4.78 is 0. The fourth-order valence-corrected chi connectivity index (χ4v) is 7.56. The minimum absolute atomic E-state index is 0.252. The van der Waals surface area contributed by atoms with Crippen molar-refractivity contribution in [2.75, 3.05) is 20.6 Å². The summed E-state index contributed by atoms with van der Waals surface area (Å²) in [6, 6.07) is 6.07. The molecule has 2 nitrogen and oxygen atoms in total. The zero-order valence-electron chi connectivity index (χ0n) is 17.3. The number of hydrogen-bond acceptors (Lipinski definition) is 2. The highest BCUT2D eigenvalue weighted by molar-refractivity contribution is 5.52. The predicted molar refractivity (Wildman–Crippen MR) is 106 cm³/mol. The molecule has 1 saturated heterocycles. The molecule has 1 aromatic rings. The molecule has 1 saturated carbocycles. The normalized spacial score (nSPS) is 39.6. The molecule has 4 atom stereocenters. The molecule has 2 heteroatoms. The minimum atomic E-state index is 0.252. The van der Waals surface area contributed by atoms with Gasteiger partial charge in [-0.2, -0.15) is 0 Å². The molecule has 1 aliphatic heterocycles. The van der Waals surface area contributed by atoms with Crippen molar-refractivity contribution in [1.29, 1.82) is 0 Å². The van der Waals surface area contributed by atoms with Crippen LogP contribution in [0, 0.1) is 24.7 Å². The van der Waals surface area contributed by atoms with Gasteiger partial charge in [0.2, 0.25) is 0 Å². The van der Waals surface area contributed by atoms with E-state index in [1.165, 1.54) is 37.8 Å². The van der Waals surface area contributed by atoms with Gasteiger partial charge in [-0.1, -0.05) is 32.9 Å². The lowest BCUT2D eigenvalue weighted by atomic mass is 9.36. The summed E-state index contributed by atoms with van der Waals surface area (Å²) in [6.07, 6.45) is 5.15. The van der Waals surface area contributed by atoms with Crippen LogP contribution >= 0.6 is 0 Å². The highest BCUT2D eigenvalue weighted by Gasteiger charge is 2.69. The second kappa shape index (κ2) is 5.33. The molecule has 1 aromatic carbocycles. The Labute approximate surface area is 154 Å². The highest BCUT2D eigenvalue weighted by Crippen LogP contribution is 2.69. The number of likely N-dealkylation sites (N-methyl/N-ethyl adjacent to an activating group) is 1. The Morgan fingerprint density at radius 3 is 2.52 bits per heavy atom. The van der Waals surface area contributed by atoms with Crippen molar-refractivity contribution >= 4 is 0 Å². The van der Waals surface area contributed by atoms with Gasteiger partial charge in [-0.25, -0.2) is 0 Å². The first kappa shape index (κ1) is 17.5. The molecular weight excluding hydrogens is 304 g/mol. The van der Waals surface area contributed by atoms with E-state index in [-0.39, 0.29) is 10.8 Å². The van der Waals surface area contributed by atoms with Gasteiger partial charge in [0, 0.05) is 17.5 Å². The first-order valence-electron chi connectivity index (χ1n) is 10.2. The molecule has 0 amide bonds. The van der Waals surface area contributed by atoms with Crippen LogP contribution in [0.5, 0.6) is 0 Å². The number of nitrogens with one attached hydrogen (secondary N) is 1. The molecular formula is C23H36N2. The van der Waals surface area contributed by atoms with Gasteiger partial charge in [0.1, 0.15) is 0 Å². The van der Waals surface area contributed by atoms with E-state index in [9.17, 15) is 0 Å². The molecule has 0 radical (unpaired) electrons. The van der Waals surface area contributed by atoms with Crippen LogP contribution in [0.4, 0.5) is 0 Å². The maximum absolute atomic E-state index is 3.70. The number of nitrogens with zero attached hydrogens (tertiary/aromatic N) is 1. The third-order valence-electron chi connectivity index (χ3n) is 9.02. The van der Waals surface area contributed by atoms with Gasteiger partial charge in [0.25, 0.3) is 0 Å². The summed E-state index contributed by atoms with van der Waals surface area (Å²) >= 11 is 0. The highest BCUT2D eigenvalue weighted by atomic mass is 15.2. The number of fused-ring (bicyclic) bond motifs is 1. The number of likely N-dealkylation sites (tertiary alicyclic amines) is 1. The average Bonchev–Trinajstić information content (AvgIpc) is 2.54. The van der Waals surface area contributed by atoms with Crippen molar-refractivity contribution in [1.82, 2.24) is 10.2 Å². The van der Waals surface area contributed by atoms with E-state index in [2.05, 4.69) is 71.1 Å². The molecule has 2 fully saturated rings. The fraction of sp³-hybridized carbons (Fsp3) is 0.739. The number of hydrogen-bond donors (Lipinski definition) is 1. The number of benzene rings is 1. The molecule has 25 heavy (non-hydrogen) atoms. The monoisotopic (exact) mass is 340 g/mol. The number of aryl methyl sites for hydroxylation is 1. The van der Waals surface area contributed by atoms with Crippen LogP contribution in [0.1, 0.15) is 62.3 Å². The van der Waals surface area contributed by atoms with E-state index >= 15 is 0 Å². The van der Waals surface area contributed by atoms with E-state index in [1.807, 2.05) is 0 Å². The van der Waals surface area contributed by atoms with Gasteiger partial charge in [-0.05, 0) is 93.3 Å². The van der Waals surface area contributed by atoms with Gasteiger partial charge >= 0.3 is 0 Å². The van der Waals surface area contributed by atoms with E-state index in [0.29, 0.717) is 17.5 Å². The van der Waals surface area contributed by atoms with Crippen LogP contribution < -0.4 is 5.32 Å².